The van der Waals surface area contributed by atoms with Crippen molar-refractivity contribution in [2.24, 2.45) is 0 Å². The molecular weight excluding hydrogens is 314 g/mol. The van der Waals surface area contributed by atoms with E-state index >= 15 is 0 Å². The third-order valence-corrected chi connectivity index (χ3v) is 4.65. The van der Waals surface area contributed by atoms with Crippen LogP contribution in [0.2, 0.25) is 0 Å². The molecule has 2 N–H and O–H groups in total. The van der Waals surface area contributed by atoms with Crippen LogP contribution in [0.15, 0.2) is 18.2 Å². The number of urea groups is 1. The van der Waals surface area contributed by atoms with E-state index in [1.807, 2.05) is 0 Å². The van der Waals surface area contributed by atoms with E-state index < -0.39 is 0 Å². The summed E-state index contributed by atoms with van der Waals surface area (Å²) in [4.78, 5) is 14.7. The van der Waals surface area contributed by atoms with E-state index in [0.717, 1.165) is 45.0 Å². The van der Waals surface area contributed by atoms with Gasteiger partial charge in [0.1, 0.15) is 0 Å². The third-order valence-electron chi connectivity index (χ3n) is 4.65. The number of para-hydroxylation sites is 1. The molecule has 2 amide bonds. The fourth-order valence-electron chi connectivity index (χ4n) is 3.18. The molecule has 0 atom stereocenters. The second-order valence-corrected chi connectivity index (χ2v) is 7.31. The molecule has 1 fully saturated rings. The molecule has 25 heavy (non-hydrogen) atoms. The van der Waals surface area contributed by atoms with E-state index in [-0.39, 0.29) is 6.03 Å². The highest BCUT2D eigenvalue weighted by Gasteiger charge is 2.16. The Balaban J connectivity index is 1.87. The molecule has 0 saturated carbocycles. The number of rotatable bonds is 7. The molecule has 5 heteroatoms. The molecule has 1 aliphatic rings. The van der Waals surface area contributed by atoms with E-state index in [1.165, 1.54) is 11.1 Å². The lowest BCUT2D eigenvalue weighted by Gasteiger charge is -2.26. The predicted octanol–water partition coefficient (Wildman–Crippen LogP) is 3.78. The van der Waals surface area contributed by atoms with Crippen molar-refractivity contribution in [2.75, 3.05) is 44.7 Å². The second kappa shape index (κ2) is 9.78. The predicted molar refractivity (Wildman–Crippen MR) is 104 cm³/mol. The van der Waals surface area contributed by atoms with Gasteiger partial charge in [-0.05, 0) is 35.9 Å². The van der Waals surface area contributed by atoms with Gasteiger partial charge in [-0.15, -0.1) is 0 Å². The Hall–Kier alpha value is -1.59. The van der Waals surface area contributed by atoms with Gasteiger partial charge in [0.25, 0.3) is 0 Å². The maximum atomic E-state index is 12.4. The Bertz CT molecular complexity index is 526. The molecular formula is C20H33N3O2. The Morgan fingerprint density at radius 2 is 1.72 bits per heavy atom. The molecule has 0 bridgehead atoms. The molecule has 0 spiro atoms. The van der Waals surface area contributed by atoms with Gasteiger partial charge in [-0.1, -0.05) is 45.9 Å². The van der Waals surface area contributed by atoms with Crippen LogP contribution in [0.3, 0.4) is 0 Å². The SMILES string of the molecule is CC(C)c1cccc(C(C)C)c1NC(=O)NCCCN1CCOCC1. The smallest absolute Gasteiger partial charge is 0.319 e. The molecule has 5 nitrogen and oxygen atoms in total. The molecule has 1 aliphatic heterocycles. The summed E-state index contributed by atoms with van der Waals surface area (Å²) in [6.07, 6.45) is 0.955. The van der Waals surface area contributed by atoms with Crippen LogP contribution < -0.4 is 10.6 Å². The molecule has 1 heterocycles. The van der Waals surface area contributed by atoms with Gasteiger partial charge in [-0.25, -0.2) is 4.79 Å². The fourth-order valence-corrected chi connectivity index (χ4v) is 3.18. The summed E-state index contributed by atoms with van der Waals surface area (Å²) < 4.78 is 5.35. The third kappa shape index (κ3) is 6.01. The molecule has 2 rings (SSSR count). The lowest BCUT2D eigenvalue weighted by atomic mass is 9.93. The molecule has 0 radical (unpaired) electrons. The Morgan fingerprint density at radius 3 is 2.28 bits per heavy atom. The monoisotopic (exact) mass is 347 g/mol. The summed E-state index contributed by atoms with van der Waals surface area (Å²) in [5.41, 5.74) is 3.35. The number of ether oxygens (including phenoxy) is 1. The summed E-state index contributed by atoms with van der Waals surface area (Å²) in [6, 6.07) is 6.17. The number of carbonyl (C=O) groups is 1. The van der Waals surface area contributed by atoms with Gasteiger partial charge in [-0.2, -0.15) is 0 Å². The van der Waals surface area contributed by atoms with Crippen molar-refractivity contribution < 1.29 is 9.53 Å². The minimum Gasteiger partial charge on any atom is -0.379 e. The Kier molecular flexibility index (Phi) is 7.72. The zero-order valence-corrected chi connectivity index (χ0v) is 16.1. The summed E-state index contributed by atoms with van der Waals surface area (Å²) in [6.45, 7) is 13.9. The first-order chi connectivity index (χ1) is 12.0. The maximum Gasteiger partial charge on any atom is 0.319 e. The largest absolute Gasteiger partial charge is 0.379 e. The topological polar surface area (TPSA) is 53.6 Å². The lowest BCUT2D eigenvalue weighted by molar-refractivity contribution is 0.0375. The van der Waals surface area contributed by atoms with Crippen LogP contribution in [0.4, 0.5) is 10.5 Å². The molecule has 1 saturated heterocycles. The second-order valence-electron chi connectivity index (χ2n) is 7.31. The average molecular weight is 348 g/mol. The molecule has 140 valence electrons. The van der Waals surface area contributed by atoms with Gasteiger partial charge in [0, 0.05) is 25.3 Å². The quantitative estimate of drug-likeness (QED) is 0.738. The number of benzene rings is 1. The van der Waals surface area contributed by atoms with Crippen LogP contribution in [0, 0.1) is 0 Å². The highest BCUT2D eigenvalue weighted by Crippen LogP contribution is 2.32. The Labute approximate surface area is 152 Å². The summed E-state index contributed by atoms with van der Waals surface area (Å²) in [5, 5.41) is 6.09. The van der Waals surface area contributed by atoms with Gasteiger partial charge in [0.15, 0.2) is 0 Å². The molecule has 0 aliphatic carbocycles. The van der Waals surface area contributed by atoms with Gasteiger partial charge >= 0.3 is 6.03 Å². The number of amides is 2. The van der Waals surface area contributed by atoms with Crippen LogP contribution in [0.25, 0.3) is 0 Å². The van der Waals surface area contributed by atoms with Crippen molar-refractivity contribution in [1.82, 2.24) is 10.2 Å². The average Bonchev–Trinajstić information content (AvgIpc) is 2.59. The molecule has 0 aromatic heterocycles. The normalized spacial score (nSPS) is 15.6. The van der Waals surface area contributed by atoms with Crippen molar-refractivity contribution in [2.45, 2.75) is 46.0 Å². The first-order valence-electron chi connectivity index (χ1n) is 9.46. The minimum absolute atomic E-state index is 0.114. The number of nitrogens with one attached hydrogen (secondary N) is 2. The summed E-state index contributed by atoms with van der Waals surface area (Å²) in [5.74, 6) is 0.741. The van der Waals surface area contributed by atoms with E-state index in [9.17, 15) is 4.79 Å². The number of anilines is 1. The first kappa shape index (κ1) is 19.7. The van der Waals surface area contributed by atoms with Gasteiger partial charge in [-0.3, -0.25) is 4.90 Å². The van der Waals surface area contributed by atoms with E-state index in [0.29, 0.717) is 18.4 Å². The minimum atomic E-state index is -0.114. The van der Waals surface area contributed by atoms with Crippen molar-refractivity contribution in [3.05, 3.63) is 29.3 Å². The van der Waals surface area contributed by atoms with Crippen LogP contribution in [-0.2, 0) is 4.74 Å². The number of hydrogen-bond acceptors (Lipinski definition) is 3. The molecule has 1 aromatic rings. The number of hydrogen-bond donors (Lipinski definition) is 2. The zero-order chi connectivity index (χ0) is 18.2. The molecule has 1 aromatic carbocycles. The maximum absolute atomic E-state index is 12.4. The standard InChI is InChI=1S/C20H33N3O2/c1-15(2)17-7-5-8-18(16(3)4)19(17)22-20(24)21-9-6-10-23-11-13-25-14-12-23/h5,7-8,15-16H,6,9-14H2,1-4H3,(H2,21,22,24). The summed E-state index contributed by atoms with van der Waals surface area (Å²) in [7, 11) is 0. The van der Waals surface area contributed by atoms with Crippen LogP contribution >= 0.6 is 0 Å². The Morgan fingerprint density at radius 1 is 1.12 bits per heavy atom. The lowest BCUT2D eigenvalue weighted by Crippen LogP contribution is -2.38. The van der Waals surface area contributed by atoms with E-state index in [4.69, 9.17) is 4.74 Å². The van der Waals surface area contributed by atoms with Crippen molar-refractivity contribution >= 4 is 11.7 Å². The van der Waals surface area contributed by atoms with E-state index in [1.54, 1.807) is 0 Å². The van der Waals surface area contributed by atoms with Gasteiger partial charge in [0.05, 0.1) is 13.2 Å². The number of morpholine rings is 1. The number of carbonyl (C=O) groups excluding carboxylic acids is 1. The summed E-state index contributed by atoms with van der Waals surface area (Å²) >= 11 is 0. The zero-order valence-electron chi connectivity index (χ0n) is 16.1. The molecule has 0 unspecified atom stereocenters. The highest BCUT2D eigenvalue weighted by atomic mass is 16.5. The van der Waals surface area contributed by atoms with Gasteiger partial charge in [0.2, 0.25) is 0 Å². The van der Waals surface area contributed by atoms with Crippen molar-refractivity contribution in [1.29, 1.82) is 0 Å². The highest BCUT2D eigenvalue weighted by molar-refractivity contribution is 5.91. The van der Waals surface area contributed by atoms with Crippen LogP contribution in [0.5, 0.6) is 0 Å². The van der Waals surface area contributed by atoms with E-state index in [2.05, 4.69) is 61.4 Å². The fraction of sp³-hybridized carbons (Fsp3) is 0.650. The number of nitrogens with zero attached hydrogens (tertiary/aromatic N) is 1. The van der Waals surface area contributed by atoms with Gasteiger partial charge < -0.3 is 15.4 Å². The van der Waals surface area contributed by atoms with Crippen LogP contribution in [0.1, 0.15) is 57.1 Å². The van der Waals surface area contributed by atoms with Crippen molar-refractivity contribution in [3.8, 4) is 0 Å². The van der Waals surface area contributed by atoms with Crippen LogP contribution in [-0.4, -0.2) is 50.3 Å². The van der Waals surface area contributed by atoms with Crippen molar-refractivity contribution in [3.63, 3.8) is 0 Å². The first-order valence-corrected chi connectivity index (χ1v) is 9.46.